The second kappa shape index (κ2) is 4.85. The Labute approximate surface area is 114 Å². The molecule has 0 spiro atoms. The summed E-state index contributed by atoms with van der Waals surface area (Å²) in [6, 6.07) is 9.82. The number of nitrogens with zero attached hydrogens (tertiary/aromatic N) is 5. The lowest BCUT2D eigenvalue weighted by Crippen LogP contribution is -1.98. The van der Waals surface area contributed by atoms with Gasteiger partial charge in [-0.2, -0.15) is 9.78 Å². The van der Waals surface area contributed by atoms with E-state index >= 15 is 0 Å². The van der Waals surface area contributed by atoms with E-state index in [9.17, 15) is 0 Å². The molecule has 0 unspecified atom stereocenters. The fourth-order valence-corrected chi connectivity index (χ4v) is 2.64. The molecule has 7 heteroatoms. The lowest BCUT2D eigenvalue weighted by atomic mass is 10.3. The third-order valence-corrected chi connectivity index (χ3v) is 3.94. The molecular formula is C12H12N6S. The van der Waals surface area contributed by atoms with E-state index in [1.165, 1.54) is 11.8 Å². The van der Waals surface area contributed by atoms with Crippen LogP contribution in [0.5, 0.6) is 0 Å². The van der Waals surface area contributed by atoms with Crippen LogP contribution in [0.1, 0.15) is 11.4 Å². The van der Waals surface area contributed by atoms with Gasteiger partial charge >= 0.3 is 0 Å². The Bertz CT molecular complexity index is 668. The van der Waals surface area contributed by atoms with Crippen LogP contribution in [-0.2, 0) is 0 Å². The Kier molecular flexibility index (Phi) is 3.04. The molecule has 2 heterocycles. The molecule has 0 radical (unpaired) electrons. The summed E-state index contributed by atoms with van der Waals surface area (Å²) in [7, 11) is 0. The van der Waals surface area contributed by atoms with Crippen molar-refractivity contribution in [3.63, 3.8) is 0 Å². The number of nitrogens with one attached hydrogen (secondary N) is 1. The molecule has 96 valence electrons. The zero-order valence-corrected chi connectivity index (χ0v) is 11.3. The van der Waals surface area contributed by atoms with Gasteiger partial charge in [0.15, 0.2) is 0 Å². The molecule has 2 aromatic heterocycles. The molecule has 19 heavy (non-hydrogen) atoms. The fourth-order valence-electron chi connectivity index (χ4n) is 1.76. The molecule has 0 fully saturated rings. The van der Waals surface area contributed by atoms with E-state index in [4.69, 9.17) is 0 Å². The minimum Gasteiger partial charge on any atom is -0.281 e. The van der Waals surface area contributed by atoms with Crippen molar-refractivity contribution in [1.29, 1.82) is 0 Å². The van der Waals surface area contributed by atoms with Gasteiger partial charge in [0, 0.05) is 5.69 Å². The minimum atomic E-state index is 0.721. The van der Waals surface area contributed by atoms with Crippen molar-refractivity contribution >= 4 is 11.8 Å². The maximum absolute atomic E-state index is 4.18. The second-order valence-corrected chi connectivity index (χ2v) is 5.05. The van der Waals surface area contributed by atoms with Crippen molar-refractivity contribution < 1.29 is 0 Å². The Hall–Kier alpha value is -2.15. The fraction of sp³-hybridized carbons (Fsp3) is 0.167. The zero-order chi connectivity index (χ0) is 13.2. The van der Waals surface area contributed by atoms with Gasteiger partial charge in [0.05, 0.1) is 16.3 Å². The smallest absolute Gasteiger partial charge is 0.219 e. The maximum atomic E-state index is 4.18. The normalized spacial score (nSPS) is 10.8. The molecule has 0 aliphatic heterocycles. The summed E-state index contributed by atoms with van der Waals surface area (Å²) in [6.07, 6.45) is 0. The third kappa shape index (κ3) is 2.24. The standard InChI is InChI=1S/C12H12N6S/c1-8-11(9(2)14-13-8)19-12-15-16-17-18(12)10-6-4-3-5-7-10/h3-7H,1-2H3,(H,13,14). The first kappa shape index (κ1) is 11.9. The van der Waals surface area contributed by atoms with E-state index < -0.39 is 0 Å². The number of para-hydroxylation sites is 1. The number of H-pyrrole nitrogens is 1. The molecule has 6 nitrogen and oxygen atoms in total. The van der Waals surface area contributed by atoms with Crippen LogP contribution in [0.15, 0.2) is 40.4 Å². The molecule has 0 aliphatic rings. The van der Waals surface area contributed by atoms with Crippen LogP contribution in [-0.4, -0.2) is 30.4 Å². The van der Waals surface area contributed by atoms with E-state index in [0.717, 1.165) is 27.1 Å². The second-order valence-electron chi connectivity index (χ2n) is 4.07. The number of aryl methyl sites for hydroxylation is 2. The number of hydrogen-bond donors (Lipinski definition) is 1. The first-order chi connectivity index (χ1) is 9.25. The van der Waals surface area contributed by atoms with Crippen molar-refractivity contribution in [2.75, 3.05) is 0 Å². The molecule has 1 aromatic carbocycles. The summed E-state index contributed by atoms with van der Waals surface area (Å²) in [4.78, 5) is 1.06. The van der Waals surface area contributed by atoms with Gasteiger partial charge in [0.1, 0.15) is 0 Å². The summed E-state index contributed by atoms with van der Waals surface area (Å²) in [6.45, 7) is 3.95. The van der Waals surface area contributed by atoms with E-state index in [2.05, 4.69) is 25.7 Å². The van der Waals surface area contributed by atoms with Crippen molar-refractivity contribution in [2.45, 2.75) is 23.9 Å². The van der Waals surface area contributed by atoms with Crippen LogP contribution in [0, 0.1) is 13.8 Å². The van der Waals surface area contributed by atoms with E-state index in [1.54, 1.807) is 4.68 Å². The number of aromatic amines is 1. The number of benzene rings is 1. The van der Waals surface area contributed by atoms with Gasteiger partial charge in [-0.3, -0.25) is 5.10 Å². The van der Waals surface area contributed by atoms with Crippen molar-refractivity contribution in [2.24, 2.45) is 0 Å². The SMILES string of the molecule is Cc1n[nH]c(C)c1Sc1nnnn1-c1ccccc1. The third-order valence-electron chi connectivity index (χ3n) is 2.70. The summed E-state index contributed by atoms with van der Waals surface area (Å²) in [5, 5.41) is 19.7. The molecule has 3 aromatic rings. The van der Waals surface area contributed by atoms with Crippen LogP contribution in [0.4, 0.5) is 0 Å². The Morgan fingerprint density at radius 1 is 1.16 bits per heavy atom. The monoisotopic (exact) mass is 272 g/mol. The van der Waals surface area contributed by atoms with Crippen molar-refractivity contribution in [3.05, 3.63) is 41.7 Å². The van der Waals surface area contributed by atoms with Crippen LogP contribution in [0.3, 0.4) is 0 Å². The largest absolute Gasteiger partial charge is 0.281 e. The lowest BCUT2D eigenvalue weighted by molar-refractivity contribution is 0.756. The van der Waals surface area contributed by atoms with Gasteiger partial charge in [-0.1, -0.05) is 18.2 Å². The molecule has 3 rings (SSSR count). The zero-order valence-electron chi connectivity index (χ0n) is 10.5. The van der Waals surface area contributed by atoms with Crippen LogP contribution in [0.2, 0.25) is 0 Å². The van der Waals surface area contributed by atoms with Crippen LogP contribution in [0.25, 0.3) is 5.69 Å². The molecule has 1 N–H and O–H groups in total. The highest BCUT2D eigenvalue weighted by atomic mass is 32.2. The maximum Gasteiger partial charge on any atom is 0.219 e. The Morgan fingerprint density at radius 2 is 1.95 bits per heavy atom. The number of tetrazole rings is 1. The number of rotatable bonds is 3. The van der Waals surface area contributed by atoms with Gasteiger partial charge in [-0.15, -0.1) is 5.10 Å². The topological polar surface area (TPSA) is 72.3 Å². The van der Waals surface area contributed by atoms with Gasteiger partial charge in [-0.05, 0) is 48.2 Å². The molecule has 0 aliphatic carbocycles. The highest BCUT2D eigenvalue weighted by molar-refractivity contribution is 7.99. The van der Waals surface area contributed by atoms with E-state index in [0.29, 0.717) is 0 Å². The minimum absolute atomic E-state index is 0.721. The summed E-state index contributed by atoms with van der Waals surface area (Å²) in [5.74, 6) is 0. The summed E-state index contributed by atoms with van der Waals surface area (Å²) in [5.41, 5.74) is 2.91. The number of hydrogen-bond acceptors (Lipinski definition) is 5. The van der Waals surface area contributed by atoms with Gasteiger partial charge < -0.3 is 0 Å². The highest BCUT2D eigenvalue weighted by Gasteiger charge is 2.14. The molecule has 0 bridgehead atoms. The van der Waals surface area contributed by atoms with Crippen molar-refractivity contribution in [3.8, 4) is 5.69 Å². The van der Waals surface area contributed by atoms with Gasteiger partial charge in [-0.25, -0.2) is 0 Å². The lowest BCUT2D eigenvalue weighted by Gasteiger charge is -2.03. The molecule has 0 amide bonds. The predicted molar refractivity (Wildman–Crippen MR) is 71.3 cm³/mol. The van der Waals surface area contributed by atoms with E-state index in [1.807, 2.05) is 44.2 Å². The molecule has 0 saturated heterocycles. The summed E-state index contributed by atoms with van der Waals surface area (Å²) >= 11 is 1.51. The predicted octanol–water partition coefficient (Wildman–Crippen LogP) is 2.15. The average molecular weight is 272 g/mol. The highest BCUT2D eigenvalue weighted by Crippen LogP contribution is 2.30. The van der Waals surface area contributed by atoms with Crippen molar-refractivity contribution in [1.82, 2.24) is 30.4 Å². The van der Waals surface area contributed by atoms with Gasteiger partial charge in [0.2, 0.25) is 5.16 Å². The first-order valence-corrected chi connectivity index (χ1v) is 6.60. The number of aromatic nitrogens is 6. The Balaban J connectivity index is 1.98. The van der Waals surface area contributed by atoms with E-state index in [-0.39, 0.29) is 0 Å². The molecule has 0 atom stereocenters. The summed E-state index contributed by atoms with van der Waals surface area (Å²) < 4.78 is 1.72. The quantitative estimate of drug-likeness (QED) is 0.791. The van der Waals surface area contributed by atoms with Gasteiger partial charge in [0.25, 0.3) is 0 Å². The van der Waals surface area contributed by atoms with Crippen LogP contribution < -0.4 is 0 Å². The molecular weight excluding hydrogens is 260 g/mol. The van der Waals surface area contributed by atoms with Crippen LogP contribution >= 0.6 is 11.8 Å². The average Bonchev–Trinajstić information content (AvgIpc) is 3.02. The Morgan fingerprint density at radius 3 is 2.63 bits per heavy atom. The molecule has 0 saturated carbocycles. The first-order valence-electron chi connectivity index (χ1n) is 5.79.